The van der Waals surface area contributed by atoms with E-state index in [4.69, 9.17) is 11.6 Å². The first kappa shape index (κ1) is 18.6. The van der Waals surface area contributed by atoms with E-state index >= 15 is 0 Å². The zero-order valence-electron chi connectivity index (χ0n) is 16.2. The third-order valence-electron chi connectivity index (χ3n) is 5.49. The zero-order chi connectivity index (χ0) is 20.5. The first-order valence-corrected chi connectivity index (χ1v) is 10.3. The first-order chi connectivity index (χ1) is 14.7. The van der Waals surface area contributed by atoms with E-state index in [9.17, 15) is 4.79 Å². The van der Waals surface area contributed by atoms with Crippen molar-refractivity contribution >= 4 is 17.5 Å². The molecule has 0 unspecified atom stereocenters. The second kappa shape index (κ2) is 7.81. The molecular weight excluding hydrogens is 394 g/mol. The van der Waals surface area contributed by atoms with Gasteiger partial charge in [-0.25, -0.2) is 4.98 Å². The van der Waals surface area contributed by atoms with Crippen molar-refractivity contribution in [1.29, 1.82) is 0 Å². The van der Waals surface area contributed by atoms with Crippen LogP contribution in [0.5, 0.6) is 0 Å². The number of hydrogen-bond acceptors (Lipinski definition) is 2. The molecule has 0 bridgehead atoms. The van der Waals surface area contributed by atoms with Crippen LogP contribution in [0.25, 0.3) is 16.8 Å². The van der Waals surface area contributed by atoms with E-state index < -0.39 is 0 Å². The molecule has 1 aliphatic carbocycles. The fraction of sp³-hybridized carbons (Fsp3) is 0.120. The first-order valence-electron chi connectivity index (χ1n) is 9.93. The van der Waals surface area contributed by atoms with E-state index in [1.807, 2.05) is 71.3 Å². The molecule has 4 nitrogen and oxygen atoms in total. The van der Waals surface area contributed by atoms with Gasteiger partial charge in [0.15, 0.2) is 0 Å². The Labute approximate surface area is 180 Å². The summed E-state index contributed by atoms with van der Waals surface area (Å²) in [5.41, 5.74) is 4.73. The molecule has 5 heteroatoms. The second-order valence-electron chi connectivity index (χ2n) is 7.54. The van der Waals surface area contributed by atoms with Crippen LogP contribution in [0.3, 0.4) is 0 Å². The molecule has 5 rings (SSSR count). The van der Waals surface area contributed by atoms with Crippen molar-refractivity contribution < 1.29 is 4.79 Å². The Hall–Kier alpha value is -3.37. The second-order valence-corrected chi connectivity index (χ2v) is 7.98. The lowest BCUT2D eigenvalue weighted by Gasteiger charge is -2.11. The normalized spacial score (nSPS) is 17.5. The minimum Gasteiger partial charge on any atom is -0.347 e. The van der Waals surface area contributed by atoms with Crippen LogP contribution in [-0.2, 0) is 0 Å². The summed E-state index contributed by atoms with van der Waals surface area (Å²) in [7, 11) is 0. The standard InChI is InChI=1S/C25H20ClN3O/c26-20-10-4-8-18(12-20)19-9-5-11-21(13-19)29-16-27-15-24(29)25(30)28-23-14-22(23)17-6-2-1-3-7-17/h1-13,15-16,22-23H,14H2,(H,28,30)/t22-,23+/m1/s1. The lowest BCUT2D eigenvalue weighted by atomic mass is 10.1. The fourth-order valence-electron chi connectivity index (χ4n) is 3.84. The molecule has 3 aromatic carbocycles. The predicted molar refractivity (Wildman–Crippen MR) is 119 cm³/mol. The summed E-state index contributed by atoms with van der Waals surface area (Å²) in [5.74, 6) is 0.279. The average Bonchev–Trinajstić information content (AvgIpc) is 3.36. The number of halogens is 1. The van der Waals surface area contributed by atoms with E-state index in [1.54, 1.807) is 12.5 Å². The van der Waals surface area contributed by atoms with Crippen molar-refractivity contribution in [1.82, 2.24) is 14.9 Å². The van der Waals surface area contributed by atoms with Gasteiger partial charge in [0.05, 0.1) is 12.5 Å². The number of nitrogens with one attached hydrogen (secondary N) is 1. The topological polar surface area (TPSA) is 46.9 Å². The van der Waals surface area contributed by atoms with Gasteiger partial charge >= 0.3 is 0 Å². The smallest absolute Gasteiger partial charge is 0.270 e. The Bertz CT molecular complexity index is 1200. The van der Waals surface area contributed by atoms with Crippen LogP contribution in [0.15, 0.2) is 91.4 Å². The van der Waals surface area contributed by atoms with Crippen molar-refractivity contribution in [3.05, 3.63) is 108 Å². The molecule has 30 heavy (non-hydrogen) atoms. The summed E-state index contributed by atoms with van der Waals surface area (Å²) in [5, 5.41) is 3.84. The Morgan fingerprint density at radius 1 is 0.967 bits per heavy atom. The van der Waals surface area contributed by atoms with Crippen LogP contribution in [0.4, 0.5) is 0 Å². The number of imidazole rings is 1. The van der Waals surface area contributed by atoms with Crippen LogP contribution in [0.1, 0.15) is 28.4 Å². The molecule has 1 fully saturated rings. The molecule has 0 aliphatic heterocycles. The fourth-order valence-corrected chi connectivity index (χ4v) is 4.03. The van der Waals surface area contributed by atoms with Gasteiger partial charge in [0.1, 0.15) is 5.69 Å². The summed E-state index contributed by atoms with van der Waals surface area (Å²) in [6.07, 6.45) is 4.25. The monoisotopic (exact) mass is 413 g/mol. The Balaban J connectivity index is 1.36. The molecule has 2 atom stereocenters. The number of amides is 1. The molecule has 1 N–H and O–H groups in total. The molecule has 0 saturated heterocycles. The van der Waals surface area contributed by atoms with Gasteiger partial charge in [-0.1, -0.05) is 66.2 Å². The maximum absolute atomic E-state index is 12.9. The van der Waals surface area contributed by atoms with E-state index in [0.717, 1.165) is 23.2 Å². The summed E-state index contributed by atoms with van der Waals surface area (Å²) >= 11 is 6.14. The van der Waals surface area contributed by atoms with Gasteiger partial charge in [0, 0.05) is 22.7 Å². The number of carbonyl (C=O) groups is 1. The number of nitrogens with zero attached hydrogens (tertiary/aromatic N) is 2. The molecule has 4 aromatic rings. The van der Waals surface area contributed by atoms with Gasteiger partial charge in [0.2, 0.25) is 0 Å². The highest BCUT2D eigenvalue weighted by molar-refractivity contribution is 6.30. The Morgan fingerprint density at radius 2 is 1.73 bits per heavy atom. The SMILES string of the molecule is O=C(N[C@H]1C[C@@H]1c1ccccc1)c1cncn1-c1cccc(-c2cccc(Cl)c2)c1. The van der Waals surface area contributed by atoms with Gasteiger partial charge in [0.25, 0.3) is 5.91 Å². The van der Waals surface area contributed by atoms with Crippen molar-refractivity contribution in [2.75, 3.05) is 0 Å². The van der Waals surface area contributed by atoms with E-state index in [-0.39, 0.29) is 11.9 Å². The largest absolute Gasteiger partial charge is 0.347 e. The summed E-state index contributed by atoms with van der Waals surface area (Å²) in [6, 6.07) is 26.2. The van der Waals surface area contributed by atoms with Gasteiger partial charge in [-0.05, 0) is 47.4 Å². The molecule has 0 radical (unpaired) electrons. The van der Waals surface area contributed by atoms with Crippen LogP contribution in [0, 0.1) is 0 Å². The number of hydrogen-bond donors (Lipinski definition) is 1. The van der Waals surface area contributed by atoms with Crippen molar-refractivity contribution in [3.8, 4) is 16.8 Å². The molecule has 0 spiro atoms. The lowest BCUT2D eigenvalue weighted by Crippen LogP contribution is -2.28. The van der Waals surface area contributed by atoms with E-state index in [0.29, 0.717) is 16.6 Å². The molecular formula is C25H20ClN3O. The number of carbonyl (C=O) groups excluding carboxylic acids is 1. The summed E-state index contributed by atoms with van der Waals surface area (Å²) < 4.78 is 1.82. The van der Waals surface area contributed by atoms with Crippen LogP contribution in [0.2, 0.25) is 5.02 Å². The molecule has 1 saturated carbocycles. The highest BCUT2D eigenvalue weighted by Gasteiger charge is 2.39. The predicted octanol–water partition coefficient (Wildman–Crippen LogP) is 5.48. The zero-order valence-corrected chi connectivity index (χ0v) is 17.0. The lowest BCUT2D eigenvalue weighted by molar-refractivity contribution is 0.0943. The quantitative estimate of drug-likeness (QED) is 0.471. The van der Waals surface area contributed by atoms with Gasteiger partial charge in [-0.2, -0.15) is 0 Å². The van der Waals surface area contributed by atoms with Crippen molar-refractivity contribution in [2.45, 2.75) is 18.4 Å². The molecule has 1 aromatic heterocycles. The minimum atomic E-state index is -0.107. The Morgan fingerprint density at radius 3 is 2.53 bits per heavy atom. The third-order valence-corrected chi connectivity index (χ3v) is 5.72. The highest BCUT2D eigenvalue weighted by atomic mass is 35.5. The number of benzene rings is 3. The number of aromatic nitrogens is 2. The average molecular weight is 414 g/mol. The third kappa shape index (κ3) is 3.74. The maximum atomic E-state index is 12.9. The van der Waals surface area contributed by atoms with Crippen LogP contribution >= 0.6 is 11.6 Å². The molecule has 1 aliphatic rings. The van der Waals surface area contributed by atoms with E-state index in [1.165, 1.54) is 5.56 Å². The van der Waals surface area contributed by atoms with Gasteiger partial charge < -0.3 is 5.32 Å². The molecule has 1 heterocycles. The molecule has 148 valence electrons. The number of rotatable bonds is 5. The van der Waals surface area contributed by atoms with Gasteiger partial charge in [-0.3, -0.25) is 9.36 Å². The van der Waals surface area contributed by atoms with Crippen LogP contribution < -0.4 is 5.32 Å². The van der Waals surface area contributed by atoms with Crippen molar-refractivity contribution in [3.63, 3.8) is 0 Å². The van der Waals surface area contributed by atoms with Crippen LogP contribution in [-0.4, -0.2) is 21.5 Å². The Kier molecular flexibility index (Phi) is 4.85. The summed E-state index contributed by atoms with van der Waals surface area (Å²) in [6.45, 7) is 0. The van der Waals surface area contributed by atoms with Crippen molar-refractivity contribution in [2.24, 2.45) is 0 Å². The van der Waals surface area contributed by atoms with E-state index in [2.05, 4.69) is 22.4 Å². The minimum absolute atomic E-state index is 0.107. The van der Waals surface area contributed by atoms with Gasteiger partial charge in [-0.15, -0.1) is 0 Å². The molecule has 1 amide bonds. The summed E-state index contributed by atoms with van der Waals surface area (Å²) in [4.78, 5) is 17.2. The highest BCUT2D eigenvalue weighted by Crippen LogP contribution is 2.40. The maximum Gasteiger partial charge on any atom is 0.270 e.